The molecule has 0 aliphatic rings. The van der Waals surface area contributed by atoms with Crippen molar-refractivity contribution in [2.24, 2.45) is 0 Å². The molecule has 0 atom stereocenters. The van der Waals surface area contributed by atoms with Crippen LogP contribution in [0.2, 0.25) is 0 Å². The fourth-order valence-electron chi connectivity index (χ4n) is 2.77. The Balaban J connectivity index is 1.43. The largest absolute Gasteiger partial charge is 0.423 e. The lowest BCUT2D eigenvalue weighted by atomic mass is 10.2. The second kappa shape index (κ2) is 8.22. The fraction of sp³-hybridized carbons (Fsp3) is 0. The highest BCUT2D eigenvalue weighted by Gasteiger charge is 2.11. The molecule has 0 saturated heterocycles. The van der Waals surface area contributed by atoms with Gasteiger partial charge in [0.15, 0.2) is 0 Å². The predicted molar refractivity (Wildman–Crippen MR) is 112 cm³/mol. The molecule has 6 nitrogen and oxygen atoms in total. The van der Waals surface area contributed by atoms with Crippen molar-refractivity contribution in [1.29, 1.82) is 0 Å². The number of rotatable bonds is 5. The van der Waals surface area contributed by atoms with E-state index in [-0.39, 0.29) is 11.7 Å². The number of hydrogen-bond donors (Lipinski definition) is 2. The van der Waals surface area contributed by atoms with Crippen molar-refractivity contribution in [3.63, 3.8) is 0 Å². The number of aromatic amines is 1. The molecule has 0 aliphatic heterocycles. The second-order valence-electron chi connectivity index (χ2n) is 6.25. The molecule has 3 aromatic carbocycles. The monoisotopic (exact) mass is 383 g/mol. The molecule has 0 aliphatic carbocycles. The summed E-state index contributed by atoms with van der Waals surface area (Å²) in [5.74, 6) is -0.250. The summed E-state index contributed by atoms with van der Waals surface area (Å²) in [6.07, 6.45) is 3.01. The summed E-state index contributed by atoms with van der Waals surface area (Å²) in [6, 6.07) is 23.3. The topological polar surface area (TPSA) is 84.1 Å². The van der Waals surface area contributed by atoms with Gasteiger partial charge in [0.25, 0.3) is 5.91 Å². The molecule has 0 unspecified atom stereocenters. The number of benzene rings is 3. The first-order valence-electron chi connectivity index (χ1n) is 8.98. The van der Waals surface area contributed by atoms with Crippen LogP contribution in [0.5, 0.6) is 5.75 Å². The third-order valence-electron chi connectivity index (χ3n) is 4.15. The number of amides is 1. The number of ether oxygens (including phenoxy) is 1. The molecule has 0 radical (unpaired) electrons. The van der Waals surface area contributed by atoms with Crippen LogP contribution in [-0.4, -0.2) is 21.8 Å². The molecule has 0 spiro atoms. The summed E-state index contributed by atoms with van der Waals surface area (Å²) < 4.78 is 5.30. The average Bonchev–Trinajstić information content (AvgIpc) is 3.15. The number of hydrogen-bond acceptors (Lipinski definition) is 4. The number of para-hydroxylation sites is 2. The van der Waals surface area contributed by atoms with Gasteiger partial charge in [-0.3, -0.25) is 10.1 Å². The summed E-state index contributed by atoms with van der Waals surface area (Å²) >= 11 is 0. The van der Waals surface area contributed by atoms with Gasteiger partial charge in [-0.2, -0.15) is 0 Å². The molecule has 6 heteroatoms. The third kappa shape index (κ3) is 4.56. The maximum Gasteiger partial charge on any atom is 0.336 e. The Kier molecular flexibility index (Phi) is 5.16. The van der Waals surface area contributed by atoms with E-state index in [4.69, 9.17) is 4.74 Å². The number of carbonyl (C=O) groups is 2. The van der Waals surface area contributed by atoms with Crippen molar-refractivity contribution in [3.05, 3.63) is 96.1 Å². The van der Waals surface area contributed by atoms with Gasteiger partial charge in [0.2, 0.25) is 5.95 Å². The van der Waals surface area contributed by atoms with Gasteiger partial charge in [0, 0.05) is 11.6 Å². The van der Waals surface area contributed by atoms with Crippen molar-refractivity contribution in [1.82, 2.24) is 9.97 Å². The van der Waals surface area contributed by atoms with Gasteiger partial charge in [0.05, 0.1) is 11.0 Å². The van der Waals surface area contributed by atoms with E-state index in [9.17, 15) is 9.59 Å². The Morgan fingerprint density at radius 3 is 2.55 bits per heavy atom. The molecule has 2 N–H and O–H groups in total. The second-order valence-corrected chi connectivity index (χ2v) is 6.25. The Labute approximate surface area is 166 Å². The van der Waals surface area contributed by atoms with Crippen LogP contribution in [0.3, 0.4) is 0 Å². The summed E-state index contributed by atoms with van der Waals surface area (Å²) in [7, 11) is 0. The highest BCUT2D eigenvalue weighted by molar-refractivity contribution is 6.04. The van der Waals surface area contributed by atoms with Crippen molar-refractivity contribution < 1.29 is 14.3 Å². The zero-order chi connectivity index (χ0) is 20.1. The number of esters is 1. The van der Waals surface area contributed by atoms with Crippen LogP contribution in [0.1, 0.15) is 15.9 Å². The number of aromatic nitrogens is 2. The number of H-pyrrole nitrogens is 1. The van der Waals surface area contributed by atoms with Crippen LogP contribution in [0.15, 0.2) is 84.9 Å². The van der Waals surface area contributed by atoms with Gasteiger partial charge in [0.1, 0.15) is 5.75 Å². The van der Waals surface area contributed by atoms with Crippen molar-refractivity contribution in [2.75, 3.05) is 5.32 Å². The molecular weight excluding hydrogens is 366 g/mol. The van der Waals surface area contributed by atoms with Crippen molar-refractivity contribution in [3.8, 4) is 5.75 Å². The fourth-order valence-corrected chi connectivity index (χ4v) is 2.77. The third-order valence-corrected chi connectivity index (χ3v) is 4.15. The molecule has 4 aromatic rings. The van der Waals surface area contributed by atoms with Crippen LogP contribution < -0.4 is 10.1 Å². The molecule has 4 rings (SSSR count). The number of carbonyl (C=O) groups excluding carboxylic acids is 2. The summed E-state index contributed by atoms with van der Waals surface area (Å²) in [5, 5.41) is 2.71. The SMILES string of the molecule is O=C(C=Cc1ccccc1)Oc1cccc(C(=O)Nc2nc3ccccc3[nH]2)c1. The Morgan fingerprint density at radius 1 is 0.931 bits per heavy atom. The normalized spacial score (nSPS) is 10.9. The lowest BCUT2D eigenvalue weighted by Crippen LogP contribution is -2.13. The Morgan fingerprint density at radius 2 is 1.72 bits per heavy atom. The molecular formula is C23H17N3O3. The van der Waals surface area contributed by atoms with Gasteiger partial charge >= 0.3 is 5.97 Å². The highest BCUT2D eigenvalue weighted by atomic mass is 16.5. The van der Waals surface area contributed by atoms with E-state index < -0.39 is 5.97 Å². The first-order chi connectivity index (χ1) is 14.2. The van der Waals surface area contributed by atoms with E-state index in [2.05, 4.69) is 15.3 Å². The molecule has 142 valence electrons. The van der Waals surface area contributed by atoms with E-state index in [1.165, 1.54) is 12.1 Å². The number of nitrogens with zero attached hydrogens (tertiary/aromatic N) is 1. The predicted octanol–water partition coefficient (Wildman–Crippen LogP) is 4.43. The van der Waals surface area contributed by atoms with E-state index >= 15 is 0 Å². The minimum atomic E-state index is -0.524. The van der Waals surface area contributed by atoms with E-state index in [1.54, 1.807) is 24.3 Å². The molecule has 0 saturated carbocycles. The first-order valence-corrected chi connectivity index (χ1v) is 8.98. The van der Waals surface area contributed by atoms with Crippen LogP contribution in [0.4, 0.5) is 5.95 Å². The number of fused-ring (bicyclic) bond motifs is 1. The molecule has 29 heavy (non-hydrogen) atoms. The summed E-state index contributed by atoms with van der Waals surface area (Å²) in [4.78, 5) is 31.9. The van der Waals surface area contributed by atoms with E-state index in [0.717, 1.165) is 16.6 Å². The summed E-state index contributed by atoms with van der Waals surface area (Å²) in [6.45, 7) is 0. The lowest BCUT2D eigenvalue weighted by Gasteiger charge is -2.05. The average molecular weight is 383 g/mol. The van der Waals surface area contributed by atoms with E-state index in [1.807, 2.05) is 54.6 Å². The number of anilines is 1. The van der Waals surface area contributed by atoms with Crippen LogP contribution in [0.25, 0.3) is 17.1 Å². The molecule has 1 amide bonds. The van der Waals surface area contributed by atoms with Gasteiger partial charge < -0.3 is 9.72 Å². The van der Waals surface area contributed by atoms with Gasteiger partial charge in [-0.25, -0.2) is 9.78 Å². The first kappa shape index (κ1) is 18.2. The van der Waals surface area contributed by atoms with Crippen molar-refractivity contribution >= 4 is 34.9 Å². The number of nitrogens with one attached hydrogen (secondary N) is 2. The standard InChI is InChI=1S/C23H17N3O3/c27-21(14-13-16-7-2-1-3-8-16)29-18-10-6-9-17(15-18)22(28)26-23-24-19-11-4-5-12-20(19)25-23/h1-15H,(H2,24,25,26,28). The van der Waals surface area contributed by atoms with Gasteiger partial charge in [-0.1, -0.05) is 48.5 Å². The van der Waals surface area contributed by atoms with Crippen LogP contribution in [-0.2, 0) is 4.79 Å². The Hall–Kier alpha value is -4.19. The highest BCUT2D eigenvalue weighted by Crippen LogP contribution is 2.17. The maximum atomic E-state index is 12.5. The van der Waals surface area contributed by atoms with Gasteiger partial charge in [-0.05, 0) is 42.0 Å². The molecule has 1 aromatic heterocycles. The molecule has 1 heterocycles. The lowest BCUT2D eigenvalue weighted by molar-refractivity contribution is -0.128. The quantitative estimate of drug-likeness (QED) is 0.303. The van der Waals surface area contributed by atoms with Crippen molar-refractivity contribution in [2.45, 2.75) is 0 Å². The van der Waals surface area contributed by atoms with Crippen LogP contribution >= 0.6 is 0 Å². The molecule has 0 bridgehead atoms. The maximum absolute atomic E-state index is 12.5. The Bertz CT molecular complexity index is 1160. The zero-order valence-electron chi connectivity index (χ0n) is 15.3. The molecule has 0 fully saturated rings. The van der Waals surface area contributed by atoms with Crippen LogP contribution in [0, 0.1) is 0 Å². The smallest absolute Gasteiger partial charge is 0.336 e. The van der Waals surface area contributed by atoms with E-state index in [0.29, 0.717) is 11.5 Å². The van der Waals surface area contributed by atoms with Gasteiger partial charge in [-0.15, -0.1) is 0 Å². The number of imidazole rings is 1. The zero-order valence-corrected chi connectivity index (χ0v) is 15.3. The minimum Gasteiger partial charge on any atom is -0.423 e. The minimum absolute atomic E-state index is 0.282. The summed E-state index contributed by atoms with van der Waals surface area (Å²) in [5.41, 5.74) is 2.83.